The average molecular weight is 390 g/mol. The number of ether oxygens (including phenoxy) is 1. The van der Waals surface area contributed by atoms with Crippen molar-refractivity contribution in [3.63, 3.8) is 0 Å². The number of carbonyl (C=O) groups excluding carboxylic acids is 1. The summed E-state index contributed by atoms with van der Waals surface area (Å²) in [4.78, 5) is 19.1. The second-order valence-electron chi connectivity index (χ2n) is 7.43. The highest BCUT2D eigenvalue weighted by atomic mass is 16.5. The number of rotatable bonds is 4. The highest BCUT2D eigenvalue weighted by Gasteiger charge is 2.29. The molecule has 0 fully saturated rings. The lowest BCUT2D eigenvalue weighted by molar-refractivity contribution is 0.174. The number of urea groups is 1. The molecule has 1 aromatic heterocycles. The zero-order valence-corrected chi connectivity index (χ0v) is 16.2. The molecule has 7 heteroatoms. The zero-order valence-electron chi connectivity index (χ0n) is 16.2. The molecular weight excluding hydrogens is 368 g/mol. The molecule has 1 N–H and O–H groups in total. The third kappa shape index (κ3) is 3.27. The third-order valence-corrected chi connectivity index (χ3v) is 5.64. The van der Waals surface area contributed by atoms with Gasteiger partial charge >= 0.3 is 6.03 Å². The lowest BCUT2D eigenvalue weighted by Crippen LogP contribution is -2.40. The maximum absolute atomic E-state index is 12.9. The molecule has 2 aliphatic rings. The molecule has 29 heavy (non-hydrogen) atoms. The summed E-state index contributed by atoms with van der Waals surface area (Å²) in [6.45, 7) is 1.05. The van der Waals surface area contributed by atoms with Gasteiger partial charge in [0.25, 0.3) is 5.89 Å². The Morgan fingerprint density at radius 1 is 1.24 bits per heavy atom. The molecule has 0 radical (unpaired) electrons. The Balaban J connectivity index is 1.32. The number of para-hydroxylation sites is 1. The number of benzene rings is 2. The van der Waals surface area contributed by atoms with E-state index in [0.29, 0.717) is 18.3 Å². The smallest absolute Gasteiger partial charge is 0.322 e. The molecule has 148 valence electrons. The van der Waals surface area contributed by atoms with Gasteiger partial charge in [0, 0.05) is 24.9 Å². The van der Waals surface area contributed by atoms with Crippen LogP contribution >= 0.6 is 0 Å². The van der Waals surface area contributed by atoms with Gasteiger partial charge in [0.05, 0.1) is 6.04 Å². The van der Waals surface area contributed by atoms with Gasteiger partial charge in [-0.15, -0.1) is 0 Å². The number of aryl methyl sites for hydroxylation is 1. The largest absolute Gasteiger partial charge is 0.377 e. The molecule has 0 unspecified atom stereocenters. The number of hydrogen-bond donors (Lipinski definition) is 1. The first-order valence-corrected chi connectivity index (χ1v) is 9.83. The Morgan fingerprint density at radius 2 is 2.14 bits per heavy atom. The molecule has 0 saturated carbocycles. The summed E-state index contributed by atoms with van der Waals surface area (Å²) in [7, 11) is 1.60. The first-order valence-electron chi connectivity index (χ1n) is 9.83. The van der Waals surface area contributed by atoms with Crippen LogP contribution in [-0.2, 0) is 24.2 Å². The van der Waals surface area contributed by atoms with E-state index < -0.39 is 0 Å². The number of anilines is 1. The van der Waals surface area contributed by atoms with Crippen molar-refractivity contribution in [2.24, 2.45) is 0 Å². The van der Waals surface area contributed by atoms with Crippen LogP contribution in [0.25, 0.3) is 11.5 Å². The summed E-state index contributed by atoms with van der Waals surface area (Å²) in [6, 6.07) is 14.2. The van der Waals surface area contributed by atoms with Gasteiger partial charge in [-0.2, -0.15) is 4.98 Å². The van der Waals surface area contributed by atoms with Crippen molar-refractivity contribution in [2.75, 3.05) is 18.6 Å². The number of fused-ring (bicyclic) bond motifs is 2. The quantitative estimate of drug-likeness (QED) is 0.736. The van der Waals surface area contributed by atoms with Crippen molar-refractivity contribution in [1.82, 2.24) is 15.5 Å². The van der Waals surface area contributed by atoms with Gasteiger partial charge in [0.15, 0.2) is 5.82 Å². The van der Waals surface area contributed by atoms with Gasteiger partial charge in [-0.3, -0.25) is 4.90 Å². The molecule has 0 spiro atoms. The van der Waals surface area contributed by atoms with Gasteiger partial charge in [0.2, 0.25) is 0 Å². The Bertz CT molecular complexity index is 1060. The Labute approximate surface area is 168 Å². The summed E-state index contributed by atoms with van der Waals surface area (Å²) < 4.78 is 10.4. The summed E-state index contributed by atoms with van der Waals surface area (Å²) in [6.07, 6.45) is 2.70. The van der Waals surface area contributed by atoms with Gasteiger partial charge in [0.1, 0.15) is 6.61 Å². The minimum absolute atomic E-state index is 0.0195. The molecule has 2 amide bonds. The number of methoxy groups -OCH3 is 1. The maximum Gasteiger partial charge on any atom is 0.322 e. The molecule has 5 rings (SSSR count). The van der Waals surface area contributed by atoms with Crippen LogP contribution < -0.4 is 10.2 Å². The van der Waals surface area contributed by atoms with Crippen LogP contribution in [0.5, 0.6) is 0 Å². The lowest BCUT2D eigenvalue weighted by atomic mass is 10.0. The highest BCUT2D eigenvalue weighted by molar-refractivity contribution is 5.94. The number of amides is 2. The standard InChI is InChI=1S/C22H22N4O3/c1-28-13-20-24-21(29-25-20)16-6-8-17-15(12-16)7-9-18(17)23-22(27)26-11-10-14-4-2-3-5-19(14)26/h2-6,8,12,18H,7,9-11,13H2,1H3,(H,23,27)/t18-/m1/s1. The van der Waals surface area contributed by atoms with Gasteiger partial charge in [-0.1, -0.05) is 29.4 Å². The van der Waals surface area contributed by atoms with Crippen LogP contribution in [0.4, 0.5) is 10.5 Å². The molecule has 2 aromatic carbocycles. The molecule has 0 bridgehead atoms. The van der Waals surface area contributed by atoms with Crippen LogP contribution in [0, 0.1) is 0 Å². The van der Waals surface area contributed by atoms with E-state index in [1.54, 1.807) is 7.11 Å². The minimum Gasteiger partial charge on any atom is -0.377 e. The van der Waals surface area contributed by atoms with Gasteiger partial charge in [-0.25, -0.2) is 4.79 Å². The van der Waals surface area contributed by atoms with Crippen molar-refractivity contribution in [1.29, 1.82) is 0 Å². The fourth-order valence-corrected chi connectivity index (χ4v) is 4.24. The van der Waals surface area contributed by atoms with E-state index in [2.05, 4.69) is 33.7 Å². The molecule has 2 heterocycles. The molecule has 1 atom stereocenters. The van der Waals surface area contributed by atoms with Crippen molar-refractivity contribution in [3.8, 4) is 11.5 Å². The van der Waals surface area contributed by atoms with Gasteiger partial charge in [-0.05, 0) is 54.2 Å². The van der Waals surface area contributed by atoms with E-state index in [4.69, 9.17) is 9.26 Å². The fourth-order valence-electron chi connectivity index (χ4n) is 4.24. The Kier molecular flexibility index (Phi) is 4.52. The molecule has 3 aromatic rings. The third-order valence-electron chi connectivity index (χ3n) is 5.64. The maximum atomic E-state index is 12.9. The monoisotopic (exact) mass is 390 g/mol. The second-order valence-corrected chi connectivity index (χ2v) is 7.43. The molecule has 1 aliphatic heterocycles. The Hall–Kier alpha value is -3.19. The number of nitrogens with zero attached hydrogens (tertiary/aromatic N) is 3. The van der Waals surface area contributed by atoms with E-state index in [0.717, 1.165) is 42.6 Å². The molecule has 1 aliphatic carbocycles. The first-order chi connectivity index (χ1) is 14.2. The zero-order chi connectivity index (χ0) is 19.8. The fraction of sp³-hybridized carbons (Fsp3) is 0.318. The van der Waals surface area contributed by atoms with E-state index >= 15 is 0 Å². The summed E-state index contributed by atoms with van der Waals surface area (Å²) >= 11 is 0. The normalized spacial score (nSPS) is 17.3. The van der Waals surface area contributed by atoms with Gasteiger partial charge < -0.3 is 14.6 Å². The second kappa shape index (κ2) is 7.33. The number of carbonyl (C=O) groups is 1. The van der Waals surface area contributed by atoms with Crippen molar-refractivity contribution in [2.45, 2.75) is 31.9 Å². The Morgan fingerprint density at radius 3 is 3.03 bits per heavy atom. The molecule has 0 saturated heterocycles. The van der Waals surface area contributed by atoms with Crippen molar-refractivity contribution < 1.29 is 14.1 Å². The first kappa shape index (κ1) is 17.9. The predicted molar refractivity (Wildman–Crippen MR) is 108 cm³/mol. The molecular formula is C22H22N4O3. The SMILES string of the molecule is COCc1noc(-c2ccc3c(c2)CC[C@H]3NC(=O)N2CCc3ccccc32)n1. The van der Waals surface area contributed by atoms with Crippen molar-refractivity contribution >= 4 is 11.7 Å². The predicted octanol–water partition coefficient (Wildman–Crippen LogP) is 3.64. The van der Waals surface area contributed by atoms with E-state index in [-0.39, 0.29) is 12.1 Å². The van der Waals surface area contributed by atoms with Crippen LogP contribution in [0.2, 0.25) is 0 Å². The highest BCUT2D eigenvalue weighted by Crippen LogP contribution is 2.35. The minimum atomic E-state index is -0.0296. The van der Waals surface area contributed by atoms with Crippen LogP contribution in [-0.4, -0.2) is 29.8 Å². The number of nitrogens with one attached hydrogen (secondary N) is 1. The topological polar surface area (TPSA) is 80.5 Å². The summed E-state index contributed by atoms with van der Waals surface area (Å²) in [5.74, 6) is 1.01. The van der Waals surface area contributed by atoms with Crippen LogP contribution in [0.3, 0.4) is 0 Å². The van der Waals surface area contributed by atoms with E-state index in [1.165, 1.54) is 11.1 Å². The van der Waals surface area contributed by atoms with E-state index in [9.17, 15) is 4.79 Å². The lowest BCUT2D eigenvalue weighted by Gasteiger charge is -2.22. The number of hydrogen-bond acceptors (Lipinski definition) is 5. The van der Waals surface area contributed by atoms with Crippen LogP contribution in [0.1, 0.15) is 35.0 Å². The summed E-state index contributed by atoms with van der Waals surface area (Å²) in [5, 5.41) is 7.14. The molecule has 7 nitrogen and oxygen atoms in total. The summed E-state index contributed by atoms with van der Waals surface area (Å²) in [5.41, 5.74) is 5.50. The van der Waals surface area contributed by atoms with E-state index in [1.807, 2.05) is 29.2 Å². The van der Waals surface area contributed by atoms with Crippen molar-refractivity contribution in [3.05, 3.63) is 65.0 Å². The average Bonchev–Trinajstić information content (AvgIpc) is 3.46. The van der Waals surface area contributed by atoms with Crippen LogP contribution in [0.15, 0.2) is 47.0 Å². The number of aromatic nitrogens is 2.